The molecule has 1 atom stereocenters. The van der Waals surface area contributed by atoms with Crippen LogP contribution in [0.3, 0.4) is 0 Å². The van der Waals surface area contributed by atoms with Crippen LogP contribution < -0.4 is 0 Å². The van der Waals surface area contributed by atoms with E-state index in [1.165, 1.54) is 4.90 Å². The van der Waals surface area contributed by atoms with Crippen molar-refractivity contribution >= 4 is 5.91 Å². The molecule has 1 aliphatic rings. The van der Waals surface area contributed by atoms with E-state index in [0.717, 1.165) is 0 Å². The predicted molar refractivity (Wildman–Crippen MR) is 73.7 cm³/mol. The Labute approximate surface area is 128 Å². The molecule has 0 radical (unpaired) electrons. The molecule has 1 unspecified atom stereocenters. The smallest absolute Gasteiger partial charge is 0.383 e. The molecule has 1 heterocycles. The third-order valence-electron chi connectivity index (χ3n) is 4.04. The van der Waals surface area contributed by atoms with Crippen LogP contribution >= 0.6 is 0 Å². The number of hydrogen-bond donors (Lipinski definition) is 1. The topological polar surface area (TPSA) is 67.6 Å². The van der Waals surface area contributed by atoms with E-state index < -0.39 is 18.2 Å². The molecule has 0 aromatic carbocycles. The number of carbonyl (C=O) groups is 1. The van der Waals surface area contributed by atoms with Gasteiger partial charge in [-0.15, -0.1) is 0 Å². The molecule has 8 heteroatoms. The molecule has 0 saturated carbocycles. The fourth-order valence-electron chi connectivity index (χ4n) is 2.55. The van der Waals surface area contributed by atoms with Gasteiger partial charge in [0, 0.05) is 26.6 Å². The summed E-state index contributed by atoms with van der Waals surface area (Å²) in [7, 11) is 1.63. The van der Waals surface area contributed by atoms with Crippen molar-refractivity contribution in [3.8, 4) is 6.07 Å². The van der Waals surface area contributed by atoms with Crippen LogP contribution in [0.25, 0.3) is 0 Å². The number of hydrogen-bond acceptors (Lipinski definition) is 4. The standard InChI is InChI=1S/C14H22F3N3O2/c1-19(7-2-6-18)12(21)5-10-20-8-3-11(4-9-20)13(22)14(15,16)17/h11,13,22H,2-5,7-10H2,1H3. The van der Waals surface area contributed by atoms with E-state index in [0.29, 0.717) is 26.2 Å². The van der Waals surface area contributed by atoms with Gasteiger partial charge in [0.25, 0.3) is 0 Å². The predicted octanol–water partition coefficient (Wildman–Crippen LogP) is 1.38. The first-order valence-electron chi connectivity index (χ1n) is 7.33. The highest BCUT2D eigenvalue weighted by atomic mass is 19.4. The van der Waals surface area contributed by atoms with Crippen LogP contribution in [-0.2, 0) is 4.79 Å². The normalized spacial score (nSPS) is 18.7. The maximum Gasteiger partial charge on any atom is 0.414 e. The summed E-state index contributed by atoms with van der Waals surface area (Å²) >= 11 is 0. The summed E-state index contributed by atoms with van der Waals surface area (Å²) in [6.07, 6.45) is -5.70. The van der Waals surface area contributed by atoms with Crippen molar-refractivity contribution < 1.29 is 23.1 Å². The van der Waals surface area contributed by atoms with Crippen molar-refractivity contribution in [3.63, 3.8) is 0 Å². The van der Waals surface area contributed by atoms with E-state index in [2.05, 4.69) is 0 Å². The number of likely N-dealkylation sites (tertiary alicyclic amines) is 1. The summed E-state index contributed by atoms with van der Waals surface area (Å²) in [5.41, 5.74) is 0. The average molecular weight is 321 g/mol. The zero-order chi connectivity index (χ0) is 16.8. The number of aliphatic hydroxyl groups is 1. The van der Waals surface area contributed by atoms with Crippen LogP contribution in [0, 0.1) is 17.2 Å². The van der Waals surface area contributed by atoms with Gasteiger partial charge in [-0.3, -0.25) is 4.79 Å². The first-order chi connectivity index (χ1) is 10.3. The second-order valence-corrected chi connectivity index (χ2v) is 5.64. The lowest BCUT2D eigenvalue weighted by Crippen LogP contribution is -2.44. The average Bonchev–Trinajstić information content (AvgIpc) is 2.49. The van der Waals surface area contributed by atoms with Crippen LogP contribution in [0.15, 0.2) is 0 Å². The second kappa shape index (κ2) is 8.34. The van der Waals surface area contributed by atoms with Gasteiger partial charge in [-0.05, 0) is 31.8 Å². The summed E-state index contributed by atoms with van der Waals surface area (Å²) in [5, 5.41) is 17.7. The minimum absolute atomic E-state index is 0.0762. The summed E-state index contributed by atoms with van der Waals surface area (Å²) in [4.78, 5) is 15.2. The first kappa shape index (κ1) is 18.7. The number of rotatable bonds is 6. The first-order valence-corrected chi connectivity index (χ1v) is 7.33. The highest BCUT2D eigenvalue weighted by Gasteiger charge is 2.44. The molecular weight excluding hydrogens is 299 g/mol. The highest BCUT2D eigenvalue weighted by Crippen LogP contribution is 2.31. The van der Waals surface area contributed by atoms with Crippen molar-refractivity contribution in [1.82, 2.24) is 9.80 Å². The fraction of sp³-hybridized carbons (Fsp3) is 0.857. The number of carbonyl (C=O) groups excluding carboxylic acids is 1. The Morgan fingerprint density at radius 1 is 1.45 bits per heavy atom. The van der Waals surface area contributed by atoms with Gasteiger partial charge >= 0.3 is 6.18 Å². The molecule has 0 aromatic rings. The summed E-state index contributed by atoms with van der Waals surface area (Å²) in [6, 6.07) is 1.97. The van der Waals surface area contributed by atoms with Gasteiger partial charge in [-0.2, -0.15) is 18.4 Å². The minimum Gasteiger partial charge on any atom is -0.383 e. The molecule has 1 aliphatic heterocycles. The number of nitriles is 1. The molecule has 1 fully saturated rings. The van der Waals surface area contributed by atoms with E-state index >= 15 is 0 Å². The number of alkyl halides is 3. The van der Waals surface area contributed by atoms with Crippen LogP contribution in [0.5, 0.6) is 0 Å². The van der Waals surface area contributed by atoms with Gasteiger partial charge in [0.2, 0.25) is 5.91 Å². The molecule has 0 aliphatic carbocycles. The third kappa shape index (κ3) is 5.81. The van der Waals surface area contributed by atoms with Gasteiger partial charge in [0.1, 0.15) is 0 Å². The summed E-state index contributed by atoms with van der Waals surface area (Å²) < 4.78 is 37.3. The lowest BCUT2D eigenvalue weighted by molar-refractivity contribution is -0.223. The molecule has 0 bridgehead atoms. The molecule has 22 heavy (non-hydrogen) atoms. The molecular formula is C14H22F3N3O2. The third-order valence-corrected chi connectivity index (χ3v) is 4.04. The van der Waals surface area contributed by atoms with Crippen molar-refractivity contribution in [2.24, 2.45) is 5.92 Å². The number of nitrogens with zero attached hydrogens (tertiary/aromatic N) is 3. The van der Waals surface area contributed by atoms with Crippen LogP contribution in [0.4, 0.5) is 13.2 Å². The van der Waals surface area contributed by atoms with Crippen molar-refractivity contribution in [2.75, 3.05) is 33.2 Å². The Hall–Kier alpha value is -1.33. The number of aliphatic hydroxyl groups excluding tert-OH is 1. The maximum absolute atomic E-state index is 12.4. The molecule has 1 N–H and O–H groups in total. The summed E-state index contributed by atoms with van der Waals surface area (Å²) in [5.74, 6) is -0.835. The summed E-state index contributed by atoms with van der Waals surface area (Å²) in [6.45, 7) is 1.78. The van der Waals surface area contributed by atoms with Crippen molar-refractivity contribution in [2.45, 2.75) is 38.0 Å². The van der Waals surface area contributed by atoms with Gasteiger partial charge in [-0.1, -0.05) is 0 Å². The van der Waals surface area contributed by atoms with Crippen LogP contribution in [-0.4, -0.2) is 66.3 Å². The number of amides is 1. The fourth-order valence-corrected chi connectivity index (χ4v) is 2.55. The maximum atomic E-state index is 12.4. The lowest BCUT2D eigenvalue weighted by atomic mass is 9.91. The Morgan fingerprint density at radius 2 is 2.05 bits per heavy atom. The van der Waals surface area contributed by atoms with Gasteiger partial charge < -0.3 is 14.9 Å². The van der Waals surface area contributed by atoms with E-state index in [9.17, 15) is 23.1 Å². The second-order valence-electron chi connectivity index (χ2n) is 5.64. The van der Waals surface area contributed by atoms with Gasteiger partial charge in [0.15, 0.2) is 6.10 Å². The zero-order valence-electron chi connectivity index (χ0n) is 12.6. The largest absolute Gasteiger partial charge is 0.414 e. The van der Waals surface area contributed by atoms with Gasteiger partial charge in [-0.25, -0.2) is 0 Å². The minimum atomic E-state index is -4.56. The molecule has 126 valence electrons. The van der Waals surface area contributed by atoms with Gasteiger partial charge in [0.05, 0.1) is 12.5 Å². The van der Waals surface area contributed by atoms with Crippen molar-refractivity contribution in [1.29, 1.82) is 5.26 Å². The lowest BCUT2D eigenvalue weighted by Gasteiger charge is -2.34. The molecule has 5 nitrogen and oxygen atoms in total. The Kier molecular flexibility index (Phi) is 7.10. The SMILES string of the molecule is CN(CCC#N)C(=O)CCN1CCC(C(O)C(F)(F)F)CC1. The molecule has 0 aromatic heterocycles. The van der Waals surface area contributed by atoms with Crippen LogP contribution in [0.1, 0.15) is 25.7 Å². The van der Waals surface area contributed by atoms with Crippen LogP contribution in [0.2, 0.25) is 0 Å². The molecule has 1 amide bonds. The Balaban J connectivity index is 2.29. The number of piperidine rings is 1. The van der Waals surface area contributed by atoms with E-state index in [-0.39, 0.29) is 31.6 Å². The number of halogens is 3. The van der Waals surface area contributed by atoms with Crippen molar-refractivity contribution in [3.05, 3.63) is 0 Å². The van der Waals surface area contributed by atoms with E-state index in [1.807, 2.05) is 11.0 Å². The Bertz CT molecular complexity index is 401. The van der Waals surface area contributed by atoms with E-state index in [4.69, 9.17) is 5.26 Å². The molecule has 1 saturated heterocycles. The zero-order valence-corrected chi connectivity index (χ0v) is 12.6. The Morgan fingerprint density at radius 3 is 2.55 bits per heavy atom. The monoisotopic (exact) mass is 321 g/mol. The molecule has 1 rings (SSSR count). The van der Waals surface area contributed by atoms with E-state index in [1.54, 1.807) is 7.05 Å². The highest BCUT2D eigenvalue weighted by molar-refractivity contribution is 5.76. The molecule has 0 spiro atoms. The quantitative estimate of drug-likeness (QED) is 0.803.